The fourth-order valence-corrected chi connectivity index (χ4v) is 3.02. The van der Waals surface area contributed by atoms with Gasteiger partial charge >= 0.3 is 6.18 Å². The molecule has 4 nitrogen and oxygen atoms in total. The van der Waals surface area contributed by atoms with Crippen LogP contribution in [0.2, 0.25) is 0 Å². The van der Waals surface area contributed by atoms with Gasteiger partial charge in [0.2, 0.25) is 5.82 Å². The molecule has 0 radical (unpaired) electrons. The lowest BCUT2D eigenvalue weighted by molar-refractivity contribution is -0.147. The number of fused-ring (bicyclic) bond motifs is 1. The van der Waals surface area contributed by atoms with Crippen molar-refractivity contribution < 1.29 is 18.3 Å². The number of nitrogen functional groups attached to an aromatic ring is 1. The number of nitrogens with two attached hydrogens (primary N) is 1. The minimum atomic E-state index is -4.51. The standard InChI is InChI=1S/C14H16F3N3O/c15-14(16,17)13-19-11-6-9(18)2-4-12(11)20(13)7-8-1-3-10(21)5-8/h2,4,6,8,10,21H,1,3,5,7,18H2. The number of benzene rings is 1. The first-order valence-corrected chi connectivity index (χ1v) is 6.85. The quantitative estimate of drug-likeness (QED) is 0.838. The maximum absolute atomic E-state index is 13.2. The Hall–Kier alpha value is -1.76. The average Bonchev–Trinajstić information content (AvgIpc) is 2.93. The van der Waals surface area contributed by atoms with Crippen LogP contribution in [0, 0.1) is 5.92 Å². The second kappa shape index (κ2) is 4.91. The lowest BCUT2D eigenvalue weighted by Crippen LogP contribution is -2.18. The number of anilines is 1. The minimum absolute atomic E-state index is 0.0380. The van der Waals surface area contributed by atoms with Crippen molar-refractivity contribution in [2.45, 2.75) is 38.1 Å². The van der Waals surface area contributed by atoms with Crippen molar-refractivity contribution in [1.82, 2.24) is 9.55 Å². The maximum Gasteiger partial charge on any atom is 0.449 e. The van der Waals surface area contributed by atoms with Crippen LogP contribution in [0.15, 0.2) is 18.2 Å². The number of rotatable bonds is 2. The van der Waals surface area contributed by atoms with Crippen molar-refractivity contribution in [2.75, 3.05) is 5.73 Å². The summed E-state index contributed by atoms with van der Waals surface area (Å²) in [5, 5.41) is 9.54. The molecule has 2 unspecified atom stereocenters. The molecule has 1 aliphatic carbocycles. The van der Waals surface area contributed by atoms with E-state index in [0.29, 0.717) is 24.0 Å². The van der Waals surface area contributed by atoms with Gasteiger partial charge in [-0.3, -0.25) is 0 Å². The highest BCUT2D eigenvalue weighted by Crippen LogP contribution is 2.35. The van der Waals surface area contributed by atoms with Crippen molar-refractivity contribution in [3.05, 3.63) is 24.0 Å². The van der Waals surface area contributed by atoms with Crippen LogP contribution in [-0.4, -0.2) is 20.8 Å². The second-order valence-corrected chi connectivity index (χ2v) is 5.62. The third-order valence-corrected chi connectivity index (χ3v) is 3.98. The summed E-state index contributed by atoms with van der Waals surface area (Å²) < 4.78 is 40.7. The van der Waals surface area contributed by atoms with Crippen LogP contribution in [0.3, 0.4) is 0 Å². The van der Waals surface area contributed by atoms with Gasteiger partial charge in [-0.1, -0.05) is 0 Å². The average molecular weight is 299 g/mol. The van der Waals surface area contributed by atoms with Crippen LogP contribution in [-0.2, 0) is 12.7 Å². The molecule has 0 spiro atoms. The van der Waals surface area contributed by atoms with Crippen LogP contribution < -0.4 is 5.73 Å². The lowest BCUT2D eigenvalue weighted by Gasteiger charge is -2.15. The molecule has 21 heavy (non-hydrogen) atoms. The highest BCUT2D eigenvalue weighted by Gasteiger charge is 2.38. The molecule has 1 aromatic carbocycles. The number of hydrogen-bond acceptors (Lipinski definition) is 3. The van der Waals surface area contributed by atoms with E-state index in [0.717, 1.165) is 6.42 Å². The molecule has 1 fully saturated rings. The number of alkyl halides is 3. The Kier molecular flexibility index (Phi) is 3.32. The Morgan fingerprint density at radius 1 is 1.33 bits per heavy atom. The molecule has 1 saturated carbocycles. The molecule has 3 rings (SSSR count). The number of hydrogen-bond donors (Lipinski definition) is 2. The molecule has 7 heteroatoms. The van der Waals surface area contributed by atoms with Gasteiger partial charge in [-0.05, 0) is 43.4 Å². The summed E-state index contributed by atoms with van der Waals surface area (Å²) in [4.78, 5) is 3.70. The predicted molar refractivity (Wildman–Crippen MR) is 72.5 cm³/mol. The van der Waals surface area contributed by atoms with Gasteiger partial charge in [0.1, 0.15) is 0 Å². The Labute approximate surface area is 119 Å². The van der Waals surface area contributed by atoms with E-state index in [-0.39, 0.29) is 18.0 Å². The van der Waals surface area contributed by atoms with Crippen LogP contribution in [0.4, 0.5) is 18.9 Å². The zero-order chi connectivity index (χ0) is 15.2. The van der Waals surface area contributed by atoms with Gasteiger partial charge in [-0.2, -0.15) is 13.2 Å². The molecular formula is C14H16F3N3O. The van der Waals surface area contributed by atoms with E-state index in [9.17, 15) is 18.3 Å². The number of imidazole rings is 1. The zero-order valence-corrected chi connectivity index (χ0v) is 11.3. The fourth-order valence-electron chi connectivity index (χ4n) is 3.02. The van der Waals surface area contributed by atoms with Crippen molar-refractivity contribution in [2.24, 2.45) is 5.92 Å². The first-order valence-electron chi connectivity index (χ1n) is 6.85. The number of aliphatic hydroxyl groups is 1. The molecule has 0 aliphatic heterocycles. The molecular weight excluding hydrogens is 283 g/mol. The normalized spacial score (nSPS) is 23.0. The van der Waals surface area contributed by atoms with E-state index in [1.165, 1.54) is 10.6 Å². The Bertz CT molecular complexity index is 665. The van der Waals surface area contributed by atoms with Crippen molar-refractivity contribution in [3.63, 3.8) is 0 Å². The van der Waals surface area contributed by atoms with Crippen LogP contribution in [0.25, 0.3) is 11.0 Å². The predicted octanol–water partition coefficient (Wildman–Crippen LogP) is 2.80. The van der Waals surface area contributed by atoms with Gasteiger partial charge < -0.3 is 15.4 Å². The number of nitrogens with zero attached hydrogens (tertiary/aromatic N) is 2. The summed E-state index contributed by atoms with van der Waals surface area (Å²) in [6, 6.07) is 4.59. The molecule has 0 saturated heterocycles. The number of aromatic nitrogens is 2. The third kappa shape index (κ3) is 2.70. The molecule has 0 bridgehead atoms. The largest absolute Gasteiger partial charge is 0.449 e. The first kappa shape index (κ1) is 14.2. The van der Waals surface area contributed by atoms with Gasteiger partial charge in [0.15, 0.2) is 0 Å². The molecule has 1 aliphatic rings. The van der Waals surface area contributed by atoms with E-state index in [2.05, 4.69) is 4.98 Å². The highest BCUT2D eigenvalue weighted by atomic mass is 19.4. The van der Waals surface area contributed by atoms with Gasteiger partial charge in [0.05, 0.1) is 17.1 Å². The molecule has 2 atom stereocenters. The SMILES string of the molecule is Nc1ccc2c(c1)nc(C(F)(F)F)n2CC1CCC(O)C1. The maximum atomic E-state index is 13.2. The highest BCUT2D eigenvalue weighted by molar-refractivity contribution is 5.79. The van der Waals surface area contributed by atoms with Crippen LogP contribution >= 0.6 is 0 Å². The summed E-state index contributed by atoms with van der Waals surface area (Å²) >= 11 is 0. The van der Waals surface area contributed by atoms with Gasteiger partial charge in [0, 0.05) is 12.2 Å². The van der Waals surface area contributed by atoms with Crippen molar-refractivity contribution >= 4 is 16.7 Å². The number of aliphatic hydroxyl groups excluding tert-OH is 1. The third-order valence-electron chi connectivity index (χ3n) is 3.98. The lowest BCUT2D eigenvalue weighted by atomic mass is 10.1. The molecule has 1 heterocycles. The van der Waals surface area contributed by atoms with E-state index in [4.69, 9.17) is 5.73 Å². The second-order valence-electron chi connectivity index (χ2n) is 5.62. The number of halogens is 3. The van der Waals surface area contributed by atoms with E-state index < -0.39 is 18.1 Å². The molecule has 1 aromatic heterocycles. The minimum Gasteiger partial charge on any atom is -0.399 e. The summed E-state index contributed by atoms with van der Waals surface area (Å²) in [7, 11) is 0. The van der Waals surface area contributed by atoms with Crippen molar-refractivity contribution in [3.8, 4) is 0 Å². The summed E-state index contributed by atoms with van der Waals surface area (Å²) in [6.07, 6.45) is -3.01. The Morgan fingerprint density at radius 2 is 2.10 bits per heavy atom. The summed E-state index contributed by atoms with van der Waals surface area (Å²) in [5.74, 6) is -0.861. The molecule has 0 amide bonds. The molecule has 3 N–H and O–H groups in total. The van der Waals surface area contributed by atoms with Crippen LogP contribution in [0.5, 0.6) is 0 Å². The Balaban J connectivity index is 2.05. The topological polar surface area (TPSA) is 64.1 Å². The van der Waals surface area contributed by atoms with Gasteiger partial charge in [-0.15, -0.1) is 0 Å². The van der Waals surface area contributed by atoms with Crippen molar-refractivity contribution in [1.29, 1.82) is 0 Å². The monoisotopic (exact) mass is 299 g/mol. The van der Waals surface area contributed by atoms with E-state index in [1.54, 1.807) is 12.1 Å². The summed E-state index contributed by atoms with van der Waals surface area (Å²) in [5.41, 5.74) is 6.68. The van der Waals surface area contributed by atoms with E-state index >= 15 is 0 Å². The molecule has 2 aromatic rings. The van der Waals surface area contributed by atoms with Gasteiger partial charge in [0.25, 0.3) is 0 Å². The fraction of sp³-hybridized carbons (Fsp3) is 0.500. The van der Waals surface area contributed by atoms with Crippen LogP contribution in [0.1, 0.15) is 25.1 Å². The van der Waals surface area contributed by atoms with E-state index in [1.807, 2.05) is 0 Å². The van der Waals surface area contributed by atoms with Gasteiger partial charge in [-0.25, -0.2) is 4.98 Å². The first-order chi connectivity index (χ1) is 9.84. The zero-order valence-electron chi connectivity index (χ0n) is 11.3. The summed E-state index contributed by atoms with van der Waals surface area (Å²) in [6.45, 7) is 0.215. The smallest absolute Gasteiger partial charge is 0.399 e. The molecule has 114 valence electrons. The Morgan fingerprint density at radius 3 is 2.71 bits per heavy atom.